The molecule has 0 aliphatic carbocycles. The molecule has 1 aliphatic rings. The van der Waals surface area contributed by atoms with E-state index in [9.17, 15) is 9.59 Å². The summed E-state index contributed by atoms with van der Waals surface area (Å²) in [5, 5.41) is 0. The summed E-state index contributed by atoms with van der Waals surface area (Å²) in [5.74, 6) is -0.154. The van der Waals surface area contributed by atoms with Crippen LogP contribution >= 0.6 is 0 Å². The van der Waals surface area contributed by atoms with Gasteiger partial charge in [-0.25, -0.2) is 4.79 Å². The van der Waals surface area contributed by atoms with Crippen molar-refractivity contribution >= 4 is 17.0 Å². The van der Waals surface area contributed by atoms with E-state index in [1.807, 2.05) is 24.3 Å². The molecule has 1 fully saturated rings. The normalized spacial score (nSPS) is 16.9. The number of likely N-dealkylation sites (N-methyl/N-ethyl adjacent to an activating group) is 1. The second kappa shape index (κ2) is 7.84. The summed E-state index contributed by atoms with van der Waals surface area (Å²) < 4.78 is 6.99. The van der Waals surface area contributed by atoms with E-state index in [0.29, 0.717) is 18.7 Å². The van der Waals surface area contributed by atoms with E-state index in [0.717, 1.165) is 44.7 Å². The topological polar surface area (TPSA) is 61.9 Å². The fraction of sp³-hybridized carbons (Fsp3) is 0.556. The molecule has 0 radical (unpaired) electrons. The zero-order valence-electron chi connectivity index (χ0n) is 15.0. The van der Waals surface area contributed by atoms with Crippen LogP contribution in [0.15, 0.2) is 33.5 Å². The minimum absolute atomic E-state index is 0.143. The quantitative estimate of drug-likeness (QED) is 0.797. The van der Waals surface area contributed by atoms with Gasteiger partial charge in [0.15, 0.2) is 5.58 Å². The van der Waals surface area contributed by atoms with Crippen molar-refractivity contribution in [2.24, 2.45) is 0 Å². The van der Waals surface area contributed by atoms with Crippen LogP contribution in [-0.2, 0) is 11.3 Å². The molecule has 1 aromatic heterocycles. The summed E-state index contributed by atoms with van der Waals surface area (Å²) in [6.07, 6.45) is 1.03. The first kappa shape index (κ1) is 17.7. The number of benzene rings is 1. The lowest BCUT2D eigenvalue weighted by Gasteiger charge is -2.22. The van der Waals surface area contributed by atoms with Crippen molar-refractivity contribution in [1.29, 1.82) is 0 Å². The van der Waals surface area contributed by atoms with Crippen LogP contribution in [0.2, 0.25) is 0 Å². The van der Waals surface area contributed by atoms with Gasteiger partial charge in [-0.2, -0.15) is 0 Å². The minimum Gasteiger partial charge on any atom is -0.408 e. The molecule has 0 unspecified atom stereocenters. The lowest BCUT2D eigenvalue weighted by molar-refractivity contribution is -0.129. The van der Waals surface area contributed by atoms with Gasteiger partial charge in [0.05, 0.1) is 12.1 Å². The maximum atomic E-state index is 12.0. The van der Waals surface area contributed by atoms with E-state index in [-0.39, 0.29) is 11.7 Å². The van der Waals surface area contributed by atoms with Crippen molar-refractivity contribution in [2.45, 2.75) is 13.0 Å². The predicted molar refractivity (Wildman–Crippen MR) is 96.7 cm³/mol. The van der Waals surface area contributed by atoms with Crippen molar-refractivity contribution < 1.29 is 9.21 Å². The van der Waals surface area contributed by atoms with Crippen molar-refractivity contribution in [3.8, 4) is 0 Å². The van der Waals surface area contributed by atoms with E-state index >= 15 is 0 Å². The van der Waals surface area contributed by atoms with Gasteiger partial charge in [-0.3, -0.25) is 14.3 Å². The Morgan fingerprint density at radius 2 is 1.80 bits per heavy atom. The molecule has 25 heavy (non-hydrogen) atoms. The number of rotatable bonds is 5. The Hall–Kier alpha value is -2.12. The average molecular weight is 346 g/mol. The first-order valence-electron chi connectivity index (χ1n) is 8.78. The number of hydrogen-bond donors (Lipinski definition) is 0. The lowest BCUT2D eigenvalue weighted by Crippen LogP contribution is -2.39. The summed E-state index contributed by atoms with van der Waals surface area (Å²) in [5.41, 5.74) is 1.48. The highest BCUT2D eigenvalue weighted by molar-refractivity contribution is 5.77. The van der Waals surface area contributed by atoms with Crippen LogP contribution in [0.5, 0.6) is 0 Å². The molecule has 0 N–H and O–H groups in total. The third-order valence-electron chi connectivity index (χ3n) is 4.75. The Morgan fingerprint density at radius 3 is 2.60 bits per heavy atom. The Bertz CT molecular complexity index is 780. The fourth-order valence-corrected chi connectivity index (χ4v) is 3.21. The van der Waals surface area contributed by atoms with E-state index in [1.54, 1.807) is 23.6 Å². The highest BCUT2D eigenvalue weighted by Gasteiger charge is 2.18. The first-order chi connectivity index (χ1) is 12.0. The Morgan fingerprint density at radius 1 is 1.08 bits per heavy atom. The van der Waals surface area contributed by atoms with Gasteiger partial charge in [0, 0.05) is 40.3 Å². The molecular formula is C18H26N4O3. The van der Waals surface area contributed by atoms with Crippen LogP contribution < -0.4 is 5.76 Å². The van der Waals surface area contributed by atoms with Crippen LogP contribution in [0, 0.1) is 0 Å². The van der Waals surface area contributed by atoms with E-state index < -0.39 is 0 Å². The number of hydrogen-bond acceptors (Lipinski definition) is 5. The van der Waals surface area contributed by atoms with Gasteiger partial charge in [-0.15, -0.1) is 0 Å². The SMILES string of the molecule is CN(C)C(=O)CN1CCCN(CCn2c(=O)oc3ccccc32)CC1. The molecule has 1 aliphatic heterocycles. The second-order valence-corrected chi connectivity index (χ2v) is 6.75. The van der Waals surface area contributed by atoms with Gasteiger partial charge in [0.1, 0.15) is 0 Å². The fourth-order valence-electron chi connectivity index (χ4n) is 3.21. The minimum atomic E-state index is -0.297. The number of carbonyl (C=O) groups is 1. The summed E-state index contributed by atoms with van der Waals surface area (Å²) in [6.45, 7) is 5.60. The number of para-hydroxylation sites is 2. The van der Waals surface area contributed by atoms with E-state index in [2.05, 4.69) is 9.80 Å². The molecule has 0 spiro atoms. The maximum Gasteiger partial charge on any atom is 0.419 e. The molecular weight excluding hydrogens is 320 g/mol. The Labute approximate surface area is 147 Å². The van der Waals surface area contributed by atoms with E-state index in [4.69, 9.17) is 4.42 Å². The van der Waals surface area contributed by atoms with Crippen LogP contribution in [0.25, 0.3) is 11.1 Å². The molecule has 3 rings (SSSR count). The van der Waals surface area contributed by atoms with Crippen LogP contribution in [0.4, 0.5) is 0 Å². The number of aromatic nitrogens is 1. The van der Waals surface area contributed by atoms with Gasteiger partial charge in [-0.05, 0) is 31.6 Å². The largest absolute Gasteiger partial charge is 0.419 e. The zero-order valence-corrected chi connectivity index (χ0v) is 15.0. The van der Waals surface area contributed by atoms with Crippen molar-refractivity contribution in [3.05, 3.63) is 34.8 Å². The highest BCUT2D eigenvalue weighted by atomic mass is 16.4. The van der Waals surface area contributed by atoms with Crippen molar-refractivity contribution in [2.75, 3.05) is 53.4 Å². The van der Waals surface area contributed by atoms with Gasteiger partial charge >= 0.3 is 5.76 Å². The first-order valence-corrected chi connectivity index (χ1v) is 8.78. The third kappa shape index (κ3) is 4.29. The molecule has 0 bridgehead atoms. The molecule has 2 heterocycles. The third-order valence-corrected chi connectivity index (χ3v) is 4.75. The molecule has 0 atom stereocenters. The Kier molecular flexibility index (Phi) is 5.55. The van der Waals surface area contributed by atoms with Crippen LogP contribution in [0.3, 0.4) is 0 Å². The lowest BCUT2D eigenvalue weighted by atomic mass is 10.3. The number of fused-ring (bicyclic) bond motifs is 1. The van der Waals surface area contributed by atoms with E-state index in [1.165, 1.54) is 0 Å². The molecule has 136 valence electrons. The molecule has 2 aromatic rings. The average Bonchev–Trinajstić information content (AvgIpc) is 2.75. The highest BCUT2D eigenvalue weighted by Crippen LogP contribution is 2.12. The predicted octanol–water partition coefficient (Wildman–Crippen LogP) is 0.690. The van der Waals surface area contributed by atoms with Crippen molar-refractivity contribution in [3.63, 3.8) is 0 Å². The zero-order chi connectivity index (χ0) is 17.8. The monoisotopic (exact) mass is 346 g/mol. The molecule has 7 heteroatoms. The maximum absolute atomic E-state index is 12.0. The summed E-state index contributed by atoms with van der Waals surface area (Å²) >= 11 is 0. The smallest absolute Gasteiger partial charge is 0.408 e. The number of carbonyl (C=O) groups excluding carboxylic acids is 1. The summed E-state index contributed by atoms with van der Waals surface area (Å²) in [7, 11) is 3.58. The summed E-state index contributed by atoms with van der Waals surface area (Å²) in [4.78, 5) is 30.1. The molecule has 0 saturated carbocycles. The van der Waals surface area contributed by atoms with Crippen LogP contribution in [0.1, 0.15) is 6.42 Å². The van der Waals surface area contributed by atoms with Crippen LogP contribution in [-0.4, -0.2) is 78.5 Å². The number of amides is 1. The number of oxazole rings is 1. The van der Waals surface area contributed by atoms with Gasteiger partial charge in [-0.1, -0.05) is 12.1 Å². The molecule has 1 aromatic carbocycles. The second-order valence-electron chi connectivity index (χ2n) is 6.75. The van der Waals surface area contributed by atoms with Crippen molar-refractivity contribution in [1.82, 2.24) is 19.3 Å². The Balaban J connectivity index is 1.56. The number of nitrogens with zero attached hydrogens (tertiary/aromatic N) is 4. The molecule has 1 amide bonds. The van der Waals surface area contributed by atoms with Gasteiger partial charge in [0.2, 0.25) is 5.91 Å². The molecule has 7 nitrogen and oxygen atoms in total. The summed E-state index contributed by atoms with van der Waals surface area (Å²) in [6, 6.07) is 7.52. The van der Waals surface area contributed by atoms with Gasteiger partial charge in [0.25, 0.3) is 0 Å². The van der Waals surface area contributed by atoms with Gasteiger partial charge < -0.3 is 14.2 Å². The standard InChI is InChI=1S/C18H26N4O3/c1-19(2)17(23)14-21-9-5-8-20(10-11-21)12-13-22-15-6-3-4-7-16(15)25-18(22)24/h3-4,6-7H,5,8-14H2,1-2H3. The molecule has 1 saturated heterocycles.